The number of halogens is 2. The third kappa shape index (κ3) is 3.90. The van der Waals surface area contributed by atoms with Crippen LogP contribution in [-0.4, -0.2) is 21.6 Å². The molecule has 7 heteroatoms. The molecule has 1 aliphatic rings. The number of nitrogens with zero attached hydrogens (tertiary/aromatic N) is 2. The van der Waals surface area contributed by atoms with E-state index in [2.05, 4.69) is 10.1 Å². The Morgan fingerprint density at radius 2 is 1.82 bits per heavy atom. The fourth-order valence-electron chi connectivity index (χ4n) is 4.44. The molecule has 5 rings (SSSR count). The van der Waals surface area contributed by atoms with Crippen LogP contribution in [0.25, 0.3) is 22.0 Å². The van der Waals surface area contributed by atoms with Crippen molar-refractivity contribution in [2.75, 3.05) is 0 Å². The quantitative estimate of drug-likeness (QED) is 0.390. The summed E-state index contributed by atoms with van der Waals surface area (Å²) in [6.45, 7) is 1.76. The van der Waals surface area contributed by atoms with Crippen LogP contribution in [0, 0.1) is 5.82 Å². The molecule has 1 atom stereocenters. The maximum absolute atomic E-state index is 13.5. The summed E-state index contributed by atoms with van der Waals surface area (Å²) in [7, 11) is 0. The number of hydrogen-bond acceptors (Lipinski definition) is 3. The zero-order valence-electron chi connectivity index (χ0n) is 18.4. The Labute approximate surface area is 200 Å². The van der Waals surface area contributed by atoms with Gasteiger partial charge in [-0.15, -0.1) is 0 Å². The summed E-state index contributed by atoms with van der Waals surface area (Å²) in [5, 5.41) is 7.39. The Balaban J connectivity index is 1.74. The van der Waals surface area contributed by atoms with Crippen LogP contribution >= 0.6 is 11.6 Å². The molecule has 0 saturated heterocycles. The standard InChI is InChI=1S/C27H21ClFN3O2/c1-2-24(33)32-23(16-8-11-19(29)12-9-16)15-22(31-32)26-25(17-6-4-3-5-7-17)20-14-18(28)10-13-21(20)30-27(26)34/h3-14,23H,2,15H2,1H3,(H,30,34)/t23-/m1/s1. The van der Waals surface area contributed by atoms with E-state index in [-0.39, 0.29) is 23.7 Å². The summed E-state index contributed by atoms with van der Waals surface area (Å²) in [5.41, 5.74) is 3.57. The number of hydrogen-bond donors (Lipinski definition) is 1. The van der Waals surface area contributed by atoms with Gasteiger partial charge in [0.25, 0.3) is 5.56 Å². The number of benzene rings is 3. The van der Waals surface area contributed by atoms with Gasteiger partial charge < -0.3 is 4.98 Å². The Morgan fingerprint density at radius 3 is 2.53 bits per heavy atom. The first-order valence-electron chi connectivity index (χ1n) is 11.0. The van der Waals surface area contributed by atoms with Gasteiger partial charge in [0.2, 0.25) is 5.91 Å². The second-order valence-corrected chi connectivity index (χ2v) is 8.61. The summed E-state index contributed by atoms with van der Waals surface area (Å²) in [5.74, 6) is -0.531. The molecule has 170 valence electrons. The summed E-state index contributed by atoms with van der Waals surface area (Å²) in [6.07, 6.45) is 0.579. The number of amides is 1. The van der Waals surface area contributed by atoms with E-state index in [9.17, 15) is 14.0 Å². The Bertz CT molecular complexity index is 1480. The second kappa shape index (κ2) is 8.88. The highest BCUT2D eigenvalue weighted by atomic mass is 35.5. The minimum Gasteiger partial charge on any atom is -0.321 e. The van der Waals surface area contributed by atoms with E-state index in [1.54, 1.807) is 31.2 Å². The molecule has 0 fully saturated rings. The molecule has 0 bridgehead atoms. The van der Waals surface area contributed by atoms with E-state index in [4.69, 9.17) is 11.6 Å². The number of carbonyl (C=O) groups is 1. The van der Waals surface area contributed by atoms with Crippen molar-refractivity contribution in [1.29, 1.82) is 0 Å². The van der Waals surface area contributed by atoms with Crippen LogP contribution in [0.2, 0.25) is 5.02 Å². The third-order valence-electron chi connectivity index (χ3n) is 6.05. The van der Waals surface area contributed by atoms with Crippen LogP contribution in [0.1, 0.15) is 36.9 Å². The maximum Gasteiger partial charge on any atom is 0.258 e. The summed E-state index contributed by atoms with van der Waals surface area (Å²) in [6, 6.07) is 20.5. The minimum absolute atomic E-state index is 0.175. The lowest BCUT2D eigenvalue weighted by atomic mass is 9.91. The van der Waals surface area contributed by atoms with Crippen molar-refractivity contribution in [1.82, 2.24) is 9.99 Å². The van der Waals surface area contributed by atoms with Gasteiger partial charge in [-0.1, -0.05) is 61.0 Å². The molecule has 0 aliphatic carbocycles. The molecule has 0 saturated carbocycles. The van der Waals surface area contributed by atoms with Crippen LogP contribution in [0.3, 0.4) is 0 Å². The van der Waals surface area contributed by atoms with Gasteiger partial charge in [-0.3, -0.25) is 9.59 Å². The van der Waals surface area contributed by atoms with Crippen LogP contribution in [0.4, 0.5) is 4.39 Å². The van der Waals surface area contributed by atoms with Crippen molar-refractivity contribution in [2.45, 2.75) is 25.8 Å². The van der Waals surface area contributed by atoms with Crippen LogP contribution < -0.4 is 5.56 Å². The molecule has 2 heterocycles. The topological polar surface area (TPSA) is 65.5 Å². The molecule has 1 amide bonds. The van der Waals surface area contributed by atoms with Gasteiger partial charge in [0.15, 0.2) is 0 Å². The van der Waals surface area contributed by atoms with E-state index >= 15 is 0 Å². The van der Waals surface area contributed by atoms with Gasteiger partial charge in [-0.05, 0) is 41.5 Å². The fourth-order valence-corrected chi connectivity index (χ4v) is 4.62. The van der Waals surface area contributed by atoms with Crippen molar-refractivity contribution in [3.05, 3.63) is 105 Å². The highest BCUT2D eigenvalue weighted by Gasteiger charge is 2.34. The lowest BCUT2D eigenvalue weighted by Crippen LogP contribution is -2.26. The minimum atomic E-state index is -0.430. The molecule has 1 aliphatic heterocycles. The van der Waals surface area contributed by atoms with Crippen LogP contribution in [0.5, 0.6) is 0 Å². The molecule has 0 unspecified atom stereocenters. The molecule has 1 aromatic heterocycles. The van der Waals surface area contributed by atoms with Gasteiger partial charge in [0.05, 0.1) is 17.3 Å². The van der Waals surface area contributed by atoms with Gasteiger partial charge in [0, 0.05) is 34.3 Å². The normalized spacial score (nSPS) is 15.6. The van der Waals surface area contributed by atoms with Crippen molar-refractivity contribution in [3.63, 3.8) is 0 Å². The number of rotatable bonds is 4. The predicted octanol–water partition coefficient (Wildman–Crippen LogP) is 6.08. The SMILES string of the molecule is CCC(=O)N1N=C(c2c(-c3ccccc3)c3cc(Cl)ccc3[nH]c2=O)C[C@@H]1c1ccc(F)cc1. The highest BCUT2D eigenvalue weighted by molar-refractivity contribution is 6.31. The maximum atomic E-state index is 13.5. The number of carbonyl (C=O) groups excluding carboxylic acids is 1. The van der Waals surface area contributed by atoms with Gasteiger partial charge in [-0.25, -0.2) is 9.40 Å². The van der Waals surface area contributed by atoms with E-state index in [1.807, 2.05) is 36.4 Å². The molecule has 4 aromatic rings. The number of aromatic nitrogens is 1. The van der Waals surface area contributed by atoms with Crippen molar-refractivity contribution in [2.24, 2.45) is 5.10 Å². The number of nitrogens with one attached hydrogen (secondary N) is 1. The van der Waals surface area contributed by atoms with Gasteiger partial charge in [0.1, 0.15) is 5.82 Å². The molecule has 0 spiro atoms. The Kier molecular flexibility index (Phi) is 5.75. The van der Waals surface area contributed by atoms with Crippen molar-refractivity contribution in [3.8, 4) is 11.1 Å². The molecule has 0 radical (unpaired) electrons. The highest BCUT2D eigenvalue weighted by Crippen LogP contribution is 2.37. The van der Waals surface area contributed by atoms with E-state index in [0.717, 1.165) is 16.5 Å². The number of fused-ring (bicyclic) bond motifs is 1. The van der Waals surface area contributed by atoms with E-state index < -0.39 is 6.04 Å². The predicted molar refractivity (Wildman–Crippen MR) is 132 cm³/mol. The zero-order chi connectivity index (χ0) is 23.8. The molecule has 34 heavy (non-hydrogen) atoms. The van der Waals surface area contributed by atoms with E-state index in [0.29, 0.717) is 33.8 Å². The largest absolute Gasteiger partial charge is 0.321 e. The van der Waals surface area contributed by atoms with Gasteiger partial charge >= 0.3 is 0 Å². The summed E-state index contributed by atoms with van der Waals surface area (Å²) < 4.78 is 13.5. The molecule has 3 aromatic carbocycles. The summed E-state index contributed by atoms with van der Waals surface area (Å²) >= 11 is 6.32. The number of H-pyrrole nitrogens is 1. The van der Waals surface area contributed by atoms with E-state index in [1.165, 1.54) is 17.1 Å². The molecule has 5 nitrogen and oxygen atoms in total. The molecule has 1 N–H and O–H groups in total. The number of pyridine rings is 1. The average molecular weight is 474 g/mol. The first kappa shape index (κ1) is 22.0. The zero-order valence-corrected chi connectivity index (χ0v) is 19.1. The van der Waals surface area contributed by atoms with Crippen LogP contribution in [-0.2, 0) is 4.79 Å². The monoisotopic (exact) mass is 473 g/mol. The lowest BCUT2D eigenvalue weighted by molar-refractivity contribution is -0.132. The molecular weight excluding hydrogens is 453 g/mol. The van der Waals surface area contributed by atoms with Gasteiger partial charge in [-0.2, -0.15) is 5.10 Å². The number of hydrazone groups is 1. The van der Waals surface area contributed by atoms with Crippen molar-refractivity contribution < 1.29 is 9.18 Å². The van der Waals surface area contributed by atoms with Crippen molar-refractivity contribution >= 4 is 34.1 Å². The third-order valence-corrected chi connectivity index (χ3v) is 6.29. The Hall–Kier alpha value is -3.77. The first-order valence-corrected chi connectivity index (χ1v) is 11.4. The lowest BCUT2D eigenvalue weighted by Gasteiger charge is -2.21. The first-order chi connectivity index (χ1) is 16.5. The number of aromatic amines is 1. The molecular formula is C27H21ClFN3O2. The summed E-state index contributed by atoms with van der Waals surface area (Å²) in [4.78, 5) is 29.1. The Morgan fingerprint density at radius 1 is 1.09 bits per heavy atom. The fraction of sp³-hybridized carbons (Fsp3) is 0.148. The van der Waals surface area contributed by atoms with Crippen LogP contribution in [0.15, 0.2) is 82.7 Å². The average Bonchev–Trinajstić information content (AvgIpc) is 3.29. The second-order valence-electron chi connectivity index (χ2n) is 8.17. The smallest absolute Gasteiger partial charge is 0.258 e.